The number of carbonyl (C=O) groups is 1. The first-order valence-corrected chi connectivity index (χ1v) is 6.75. The fourth-order valence-corrected chi connectivity index (χ4v) is 3.62. The van der Waals surface area contributed by atoms with Gasteiger partial charge in [-0.1, -0.05) is 0 Å². The van der Waals surface area contributed by atoms with Crippen LogP contribution in [0.15, 0.2) is 16.8 Å². The van der Waals surface area contributed by atoms with Gasteiger partial charge in [-0.25, -0.2) is 0 Å². The first-order chi connectivity index (χ1) is 7.77. The number of carbonyl (C=O) groups excluding carboxylic acids is 1. The molecule has 86 valence electrons. The highest BCUT2D eigenvalue weighted by Crippen LogP contribution is 2.33. The van der Waals surface area contributed by atoms with Gasteiger partial charge in [-0.2, -0.15) is 11.3 Å². The molecular formula is C12H16N2OS. The molecule has 0 spiro atoms. The Kier molecular flexibility index (Phi) is 2.48. The van der Waals surface area contributed by atoms with E-state index < -0.39 is 0 Å². The van der Waals surface area contributed by atoms with E-state index in [1.54, 1.807) is 11.3 Å². The first kappa shape index (κ1) is 10.3. The Balaban J connectivity index is 1.79. The van der Waals surface area contributed by atoms with Crippen molar-refractivity contribution in [2.75, 3.05) is 19.6 Å². The minimum Gasteiger partial charge on any atom is -0.335 e. The highest BCUT2D eigenvalue weighted by Gasteiger charge is 2.43. The quantitative estimate of drug-likeness (QED) is 0.800. The molecular weight excluding hydrogens is 220 g/mol. The lowest BCUT2D eigenvalue weighted by molar-refractivity contribution is 0.0729. The molecule has 3 nitrogen and oxygen atoms in total. The minimum atomic E-state index is 0.211. The summed E-state index contributed by atoms with van der Waals surface area (Å²) in [6.45, 7) is 5.25. The van der Waals surface area contributed by atoms with Gasteiger partial charge in [0, 0.05) is 31.1 Å². The fraction of sp³-hybridized carbons (Fsp3) is 0.583. The SMILES string of the molecule is CC1C2CNCC2CN1C(=O)c1ccsc1. The summed E-state index contributed by atoms with van der Waals surface area (Å²) < 4.78 is 0. The lowest BCUT2D eigenvalue weighted by atomic mass is 9.95. The summed E-state index contributed by atoms with van der Waals surface area (Å²) in [5.74, 6) is 1.53. The monoisotopic (exact) mass is 236 g/mol. The van der Waals surface area contributed by atoms with Crippen LogP contribution in [0.25, 0.3) is 0 Å². The first-order valence-electron chi connectivity index (χ1n) is 5.81. The van der Waals surface area contributed by atoms with Gasteiger partial charge in [0.25, 0.3) is 5.91 Å². The van der Waals surface area contributed by atoms with E-state index in [9.17, 15) is 4.79 Å². The van der Waals surface area contributed by atoms with E-state index in [1.165, 1.54) is 0 Å². The van der Waals surface area contributed by atoms with Crippen LogP contribution in [0, 0.1) is 11.8 Å². The Bertz CT molecular complexity index is 390. The van der Waals surface area contributed by atoms with Crippen LogP contribution in [0.3, 0.4) is 0 Å². The summed E-state index contributed by atoms with van der Waals surface area (Å²) in [6.07, 6.45) is 0. The lowest BCUT2D eigenvalue weighted by Crippen LogP contribution is -2.37. The maximum absolute atomic E-state index is 12.3. The summed E-state index contributed by atoms with van der Waals surface area (Å²) in [6, 6.07) is 2.30. The summed E-state index contributed by atoms with van der Waals surface area (Å²) in [5.41, 5.74) is 0.852. The molecule has 3 atom stereocenters. The van der Waals surface area contributed by atoms with Crippen LogP contribution in [-0.4, -0.2) is 36.5 Å². The Morgan fingerprint density at radius 3 is 3.12 bits per heavy atom. The average molecular weight is 236 g/mol. The zero-order valence-electron chi connectivity index (χ0n) is 9.35. The van der Waals surface area contributed by atoms with E-state index in [1.807, 2.05) is 16.8 Å². The summed E-state index contributed by atoms with van der Waals surface area (Å²) in [4.78, 5) is 14.3. The highest BCUT2D eigenvalue weighted by molar-refractivity contribution is 7.08. The third-order valence-electron chi connectivity index (χ3n) is 3.96. The smallest absolute Gasteiger partial charge is 0.254 e. The number of nitrogens with one attached hydrogen (secondary N) is 1. The Morgan fingerprint density at radius 2 is 2.44 bits per heavy atom. The van der Waals surface area contributed by atoms with Crippen molar-refractivity contribution in [1.29, 1.82) is 0 Å². The van der Waals surface area contributed by atoms with Crippen LogP contribution in [0.5, 0.6) is 0 Å². The van der Waals surface area contributed by atoms with Crippen LogP contribution in [0.1, 0.15) is 17.3 Å². The largest absolute Gasteiger partial charge is 0.335 e. The zero-order chi connectivity index (χ0) is 11.1. The topological polar surface area (TPSA) is 32.3 Å². The molecule has 0 saturated carbocycles. The molecule has 3 unspecified atom stereocenters. The molecule has 2 fully saturated rings. The third kappa shape index (κ3) is 1.48. The Labute approximate surface area is 99.5 Å². The Morgan fingerprint density at radius 1 is 1.56 bits per heavy atom. The number of rotatable bonds is 1. The van der Waals surface area contributed by atoms with E-state index in [0.717, 1.165) is 25.2 Å². The van der Waals surface area contributed by atoms with Gasteiger partial charge >= 0.3 is 0 Å². The van der Waals surface area contributed by atoms with Gasteiger partial charge in [0.2, 0.25) is 0 Å². The van der Waals surface area contributed by atoms with Crippen molar-refractivity contribution < 1.29 is 4.79 Å². The lowest BCUT2D eigenvalue weighted by Gasteiger charge is -2.24. The number of amides is 1. The molecule has 2 aliphatic rings. The Hall–Kier alpha value is -0.870. The average Bonchev–Trinajstić information content (AvgIpc) is 2.95. The normalized spacial score (nSPS) is 33.1. The predicted molar refractivity (Wildman–Crippen MR) is 64.7 cm³/mol. The summed E-state index contributed by atoms with van der Waals surface area (Å²) in [7, 11) is 0. The van der Waals surface area contributed by atoms with Gasteiger partial charge < -0.3 is 10.2 Å². The number of nitrogens with zero attached hydrogens (tertiary/aromatic N) is 1. The van der Waals surface area contributed by atoms with E-state index in [-0.39, 0.29) is 5.91 Å². The van der Waals surface area contributed by atoms with E-state index >= 15 is 0 Å². The molecule has 1 N–H and O–H groups in total. The molecule has 1 amide bonds. The maximum atomic E-state index is 12.3. The predicted octanol–water partition coefficient (Wildman–Crippen LogP) is 1.43. The molecule has 3 rings (SSSR count). The zero-order valence-corrected chi connectivity index (χ0v) is 10.2. The van der Waals surface area contributed by atoms with Gasteiger partial charge in [-0.15, -0.1) is 0 Å². The second-order valence-corrected chi connectivity index (χ2v) is 5.57. The maximum Gasteiger partial charge on any atom is 0.254 e. The van der Waals surface area contributed by atoms with Gasteiger partial charge in [-0.3, -0.25) is 4.79 Å². The van der Waals surface area contributed by atoms with Gasteiger partial charge in [-0.05, 0) is 30.2 Å². The van der Waals surface area contributed by atoms with Crippen LogP contribution >= 0.6 is 11.3 Å². The number of hydrogen-bond acceptors (Lipinski definition) is 3. The van der Waals surface area contributed by atoms with Crippen LogP contribution in [-0.2, 0) is 0 Å². The second kappa shape index (κ2) is 3.86. The number of thiophene rings is 1. The van der Waals surface area contributed by atoms with Crippen molar-refractivity contribution in [2.45, 2.75) is 13.0 Å². The van der Waals surface area contributed by atoms with Gasteiger partial charge in [0.05, 0.1) is 5.56 Å². The molecule has 1 aromatic rings. The number of likely N-dealkylation sites (tertiary alicyclic amines) is 1. The molecule has 0 radical (unpaired) electrons. The van der Waals surface area contributed by atoms with Crippen LogP contribution in [0.4, 0.5) is 0 Å². The molecule has 3 heterocycles. The summed E-state index contributed by atoms with van der Waals surface area (Å²) in [5, 5.41) is 7.33. The molecule has 0 aliphatic carbocycles. The highest BCUT2D eigenvalue weighted by atomic mass is 32.1. The summed E-state index contributed by atoms with van der Waals surface area (Å²) >= 11 is 1.59. The van der Waals surface area contributed by atoms with Crippen molar-refractivity contribution in [3.8, 4) is 0 Å². The third-order valence-corrected chi connectivity index (χ3v) is 4.65. The van der Waals surface area contributed by atoms with Crippen LogP contribution < -0.4 is 5.32 Å². The van der Waals surface area contributed by atoms with Gasteiger partial charge in [0.15, 0.2) is 0 Å². The fourth-order valence-electron chi connectivity index (χ4n) is 2.99. The van der Waals surface area contributed by atoms with Crippen molar-refractivity contribution in [3.63, 3.8) is 0 Å². The van der Waals surface area contributed by atoms with Crippen molar-refractivity contribution >= 4 is 17.2 Å². The van der Waals surface area contributed by atoms with Crippen molar-refractivity contribution in [2.24, 2.45) is 11.8 Å². The molecule has 1 aromatic heterocycles. The molecule has 2 saturated heterocycles. The molecule has 16 heavy (non-hydrogen) atoms. The van der Waals surface area contributed by atoms with Crippen LogP contribution in [0.2, 0.25) is 0 Å². The van der Waals surface area contributed by atoms with E-state index in [4.69, 9.17) is 0 Å². The van der Waals surface area contributed by atoms with Crippen molar-refractivity contribution in [3.05, 3.63) is 22.4 Å². The van der Waals surface area contributed by atoms with Gasteiger partial charge in [0.1, 0.15) is 0 Å². The number of fused-ring (bicyclic) bond motifs is 1. The molecule has 2 aliphatic heterocycles. The molecule has 0 aromatic carbocycles. The number of hydrogen-bond donors (Lipinski definition) is 1. The molecule has 0 bridgehead atoms. The van der Waals surface area contributed by atoms with E-state index in [2.05, 4.69) is 17.1 Å². The second-order valence-electron chi connectivity index (χ2n) is 4.79. The molecule has 4 heteroatoms. The van der Waals surface area contributed by atoms with Crippen molar-refractivity contribution in [1.82, 2.24) is 10.2 Å². The van der Waals surface area contributed by atoms with E-state index in [0.29, 0.717) is 17.9 Å². The standard InChI is InChI=1S/C12H16N2OS/c1-8-11-5-13-4-10(11)6-14(8)12(15)9-2-3-16-7-9/h2-3,7-8,10-11,13H,4-6H2,1H3. The minimum absolute atomic E-state index is 0.211.